The van der Waals surface area contributed by atoms with E-state index >= 15 is 0 Å². The molecule has 0 heterocycles. The molecule has 0 unspecified atom stereocenters. The number of halogens is 1. The van der Waals surface area contributed by atoms with Crippen molar-refractivity contribution in [3.63, 3.8) is 0 Å². The van der Waals surface area contributed by atoms with Crippen LogP contribution in [0.3, 0.4) is 0 Å². The molecule has 0 aromatic heterocycles. The zero-order chi connectivity index (χ0) is 15.4. The van der Waals surface area contributed by atoms with E-state index in [9.17, 15) is 14.0 Å². The molecular weight excluding hydrogens is 271 g/mol. The van der Waals surface area contributed by atoms with Crippen molar-refractivity contribution in [1.82, 2.24) is 0 Å². The van der Waals surface area contributed by atoms with Crippen molar-refractivity contribution in [3.05, 3.63) is 59.4 Å². The molecule has 0 saturated carbocycles. The van der Waals surface area contributed by atoms with E-state index in [0.29, 0.717) is 11.3 Å². The molecule has 2 N–H and O–H groups in total. The molecule has 2 amide bonds. The van der Waals surface area contributed by atoms with Gasteiger partial charge in [-0.05, 0) is 37.3 Å². The van der Waals surface area contributed by atoms with Crippen molar-refractivity contribution in [2.24, 2.45) is 0 Å². The summed E-state index contributed by atoms with van der Waals surface area (Å²) in [6.07, 6.45) is 0. The van der Waals surface area contributed by atoms with Gasteiger partial charge < -0.3 is 10.6 Å². The van der Waals surface area contributed by atoms with Crippen molar-refractivity contribution in [1.29, 1.82) is 0 Å². The van der Waals surface area contributed by atoms with E-state index < -0.39 is 11.7 Å². The first kappa shape index (κ1) is 14.7. The summed E-state index contributed by atoms with van der Waals surface area (Å²) in [5.41, 5.74) is 1.91. The molecule has 2 aromatic carbocycles. The summed E-state index contributed by atoms with van der Waals surface area (Å²) in [7, 11) is 0. The van der Waals surface area contributed by atoms with Gasteiger partial charge in [0.15, 0.2) is 0 Å². The highest BCUT2D eigenvalue weighted by Crippen LogP contribution is 2.20. The van der Waals surface area contributed by atoms with Crippen LogP contribution < -0.4 is 10.6 Å². The minimum Gasteiger partial charge on any atom is -0.326 e. The largest absolute Gasteiger partial charge is 0.326 e. The van der Waals surface area contributed by atoms with E-state index in [2.05, 4.69) is 10.6 Å². The van der Waals surface area contributed by atoms with E-state index in [1.807, 2.05) is 6.92 Å². The molecular formula is C16H15FN2O2. The van der Waals surface area contributed by atoms with Gasteiger partial charge in [-0.25, -0.2) is 4.39 Å². The highest BCUT2D eigenvalue weighted by molar-refractivity contribution is 6.04. The smallest absolute Gasteiger partial charge is 0.255 e. The molecule has 2 rings (SSSR count). The lowest BCUT2D eigenvalue weighted by molar-refractivity contribution is -0.114. The minimum atomic E-state index is -0.565. The maximum atomic E-state index is 13.7. The third-order valence-electron chi connectivity index (χ3n) is 2.85. The van der Waals surface area contributed by atoms with Gasteiger partial charge in [-0.2, -0.15) is 0 Å². The summed E-state index contributed by atoms with van der Waals surface area (Å²) in [5.74, 6) is -1.24. The number of hydrogen-bond donors (Lipinski definition) is 2. The van der Waals surface area contributed by atoms with Gasteiger partial charge in [-0.3, -0.25) is 9.59 Å². The Hall–Kier alpha value is -2.69. The van der Waals surface area contributed by atoms with Gasteiger partial charge in [-0.15, -0.1) is 0 Å². The van der Waals surface area contributed by atoms with Gasteiger partial charge >= 0.3 is 0 Å². The average molecular weight is 286 g/mol. The van der Waals surface area contributed by atoms with Crippen LogP contribution in [0.25, 0.3) is 0 Å². The summed E-state index contributed by atoms with van der Waals surface area (Å²) < 4.78 is 13.7. The molecule has 0 bridgehead atoms. The van der Waals surface area contributed by atoms with Crippen molar-refractivity contribution >= 4 is 23.2 Å². The van der Waals surface area contributed by atoms with Gasteiger partial charge in [0.05, 0.1) is 5.69 Å². The van der Waals surface area contributed by atoms with Crippen LogP contribution in [0.4, 0.5) is 15.8 Å². The number of carbonyl (C=O) groups is 2. The topological polar surface area (TPSA) is 58.2 Å². The zero-order valence-corrected chi connectivity index (χ0v) is 11.7. The predicted octanol–water partition coefficient (Wildman–Crippen LogP) is 3.34. The van der Waals surface area contributed by atoms with Crippen LogP contribution in [0.1, 0.15) is 22.8 Å². The van der Waals surface area contributed by atoms with E-state index in [1.54, 1.807) is 24.3 Å². The molecule has 0 atom stereocenters. The number of nitrogens with one attached hydrogen (secondary N) is 2. The van der Waals surface area contributed by atoms with Gasteiger partial charge in [0.1, 0.15) is 5.82 Å². The third kappa shape index (κ3) is 3.89. The molecule has 0 spiro atoms. The number of benzene rings is 2. The fraction of sp³-hybridized carbons (Fsp3) is 0.125. The lowest BCUT2D eigenvalue weighted by Crippen LogP contribution is -2.13. The number of carbonyl (C=O) groups excluding carboxylic acids is 2. The van der Waals surface area contributed by atoms with Crippen LogP contribution in [-0.4, -0.2) is 11.8 Å². The van der Waals surface area contributed by atoms with Crippen LogP contribution in [-0.2, 0) is 4.79 Å². The Labute approximate surface area is 122 Å². The fourth-order valence-electron chi connectivity index (χ4n) is 1.80. The minimum absolute atomic E-state index is 0.0202. The van der Waals surface area contributed by atoms with Crippen molar-refractivity contribution in [2.75, 3.05) is 10.6 Å². The summed E-state index contributed by atoms with van der Waals surface area (Å²) >= 11 is 0. The first-order chi connectivity index (χ1) is 9.95. The number of amides is 2. The predicted molar refractivity (Wildman–Crippen MR) is 79.8 cm³/mol. The fourth-order valence-corrected chi connectivity index (χ4v) is 1.80. The standard InChI is InChI=1S/C16H15FN2O2/c1-10-3-5-12(6-4-10)16(21)19-15-9-13(18-11(2)20)7-8-14(15)17/h3-9H,1-2H3,(H,18,20)(H,19,21). The lowest BCUT2D eigenvalue weighted by Gasteiger charge is -2.09. The molecule has 4 nitrogen and oxygen atoms in total. The van der Waals surface area contributed by atoms with Gasteiger partial charge in [0.25, 0.3) is 5.91 Å². The van der Waals surface area contributed by atoms with E-state index in [-0.39, 0.29) is 11.6 Å². The van der Waals surface area contributed by atoms with Gasteiger partial charge in [-0.1, -0.05) is 17.7 Å². The second kappa shape index (κ2) is 6.17. The Kier molecular flexibility index (Phi) is 4.33. The van der Waals surface area contributed by atoms with Crippen LogP contribution in [0.15, 0.2) is 42.5 Å². The van der Waals surface area contributed by atoms with Crippen molar-refractivity contribution in [3.8, 4) is 0 Å². The number of rotatable bonds is 3. The Morgan fingerprint density at radius 1 is 1.00 bits per heavy atom. The monoisotopic (exact) mass is 286 g/mol. The number of anilines is 2. The van der Waals surface area contributed by atoms with Crippen molar-refractivity contribution < 1.29 is 14.0 Å². The molecule has 0 aliphatic carbocycles. The van der Waals surface area contributed by atoms with E-state index in [4.69, 9.17) is 0 Å². The second-order valence-electron chi connectivity index (χ2n) is 4.70. The highest BCUT2D eigenvalue weighted by atomic mass is 19.1. The molecule has 21 heavy (non-hydrogen) atoms. The van der Waals surface area contributed by atoms with Gasteiger partial charge in [0.2, 0.25) is 5.91 Å². The van der Waals surface area contributed by atoms with Crippen LogP contribution in [0, 0.1) is 12.7 Å². The van der Waals surface area contributed by atoms with Crippen LogP contribution in [0.2, 0.25) is 0 Å². The molecule has 0 aliphatic rings. The normalized spacial score (nSPS) is 10.0. The van der Waals surface area contributed by atoms with E-state index in [1.165, 1.54) is 25.1 Å². The molecule has 108 valence electrons. The maximum Gasteiger partial charge on any atom is 0.255 e. The van der Waals surface area contributed by atoms with Crippen LogP contribution in [0.5, 0.6) is 0 Å². The summed E-state index contributed by atoms with van der Waals surface area (Å²) in [6, 6.07) is 10.9. The quantitative estimate of drug-likeness (QED) is 0.909. The van der Waals surface area contributed by atoms with Crippen molar-refractivity contribution in [2.45, 2.75) is 13.8 Å². The Morgan fingerprint density at radius 2 is 1.67 bits per heavy atom. The summed E-state index contributed by atoms with van der Waals surface area (Å²) in [6.45, 7) is 3.27. The van der Waals surface area contributed by atoms with E-state index in [0.717, 1.165) is 5.56 Å². The molecule has 0 radical (unpaired) electrons. The first-order valence-electron chi connectivity index (χ1n) is 6.41. The molecule has 2 aromatic rings. The molecule has 0 aliphatic heterocycles. The summed E-state index contributed by atoms with van der Waals surface area (Å²) in [4.78, 5) is 23.0. The van der Waals surface area contributed by atoms with Crippen LogP contribution >= 0.6 is 0 Å². The third-order valence-corrected chi connectivity index (χ3v) is 2.85. The molecule has 0 saturated heterocycles. The molecule has 0 fully saturated rings. The number of hydrogen-bond acceptors (Lipinski definition) is 2. The zero-order valence-electron chi connectivity index (χ0n) is 11.7. The number of aryl methyl sites for hydroxylation is 1. The van der Waals surface area contributed by atoms with Gasteiger partial charge in [0, 0.05) is 18.2 Å². The first-order valence-corrected chi connectivity index (χ1v) is 6.41. The second-order valence-corrected chi connectivity index (χ2v) is 4.70. The average Bonchev–Trinajstić information content (AvgIpc) is 2.42. The Morgan fingerprint density at radius 3 is 2.29 bits per heavy atom. The maximum absolute atomic E-state index is 13.7. The lowest BCUT2D eigenvalue weighted by atomic mass is 10.1. The molecule has 5 heteroatoms. The Balaban J connectivity index is 2.20. The Bertz CT molecular complexity index is 681. The highest BCUT2D eigenvalue weighted by Gasteiger charge is 2.10. The SMILES string of the molecule is CC(=O)Nc1ccc(F)c(NC(=O)c2ccc(C)cc2)c1. The summed E-state index contributed by atoms with van der Waals surface area (Å²) in [5, 5.41) is 5.03.